The van der Waals surface area contributed by atoms with Crippen LogP contribution in [0.15, 0.2) is 168 Å². The van der Waals surface area contributed by atoms with Gasteiger partial charge in [0.15, 0.2) is 0 Å². The minimum absolute atomic E-state index is 0.652. The van der Waals surface area contributed by atoms with Gasteiger partial charge in [0.1, 0.15) is 11.2 Å². The highest BCUT2D eigenvalue weighted by Crippen LogP contribution is 2.44. The van der Waals surface area contributed by atoms with Crippen molar-refractivity contribution >= 4 is 96.9 Å². The third-order valence-electron chi connectivity index (χ3n) is 10.8. The fourth-order valence-electron chi connectivity index (χ4n) is 8.38. The van der Waals surface area contributed by atoms with Crippen molar-refractivity contribution in [3.8, 4) is 28.3 Å². The molecule has 0 atom stereocenters. The topological polar surface area (TPSA) is 43.9 Å². The molecule has 0 spiro atoms. The van der Waals surface area contributed by atoms with E-state index in [1.54, 1.807) is 11.3 Å². The molecular weight excluding hydrogens is 667 g/mol. The van der Waals surface area contributed by atoms with E-state index < -0.39 is 0 Å². The molecule has 8 aromatic carbocycles. The van der Waals surface area contributed by atoms with Crippen LogP contribution in [0.5, 0.6) is 0 Å². The summed E-state index contributed by atoms with van der Waals surface area (Å²) in [6, 6.07) is 58.3. The second-order valence-corrected chi connectivity index (χ2v) is 14.8. The molecule has 0 aliphatic heterocycles. The molecule has 4 nitrogen and oxygen atoms in total. The molecule has 0 saturated heterocycles. The lowest BCUT2D eigenvalue weighted by Gasteiger charge is -2.13. The Morgan fingerprint density at radius 1 is 0.491 bits per heavy atom. The van der Waals surface area contributed by atoms with Gasteiger partial charge in [-0.05, 0) is 63.5 Å². The van der Waals surface area contributed by atoms with Crippen LogP contribution in [0, 0.1) is 0 Å². The molecule has 0 aliphatic rings. The van der Waals surface area contributed by atoms with Crippen molar-refractivity contribution in [2.24, 2.45) is 0 Å². The molecule has 0 N–H and O–H groups in total. The molecule has 0 fully saturated rings. The number of fused-ring (bicyclic) bond motifs is 12. The second kappa shape index (κ2) is 10.8. The molecule has 0 unspecified atom stereocenters. The molecule has 53 heavy (non-hydrogen) atoms. The average molecular weight is 694 g/mol. The van der Waals surface area contributed by atoms with Crippen LogP contribution in [0.2, 0.25) is 0 Å². The van der Waals surface area contributed by atoms with Crippen molar-refractivity contribution in [2.75, 3.05) is 0 Å². The first-order chi connectivity index (χ1) is 26.3. The summed E-state index contributed by atoms with van der Waals surface area (Å²) in [6.45, 7) is 0. The second-order valence-electron chi connectivity index (χ2n) is 13.7. The minimum atomic E-state index is 0.652. The summed E-state index contributed by atoms with van der Waals surface area (Å²) in [7, 11) is 0. The number of aromatic nitrogens is 3. The Morgan fingerprint density at radius 3 is 2.13 bits per heavy atom. The maximum absolute atomic E-state index is 6.58. The van der Waals surface area contributed by atoms with E-state index in [1.807, 2.05) is 0 Å². The van der Waals surface area contributed by atoms with E-state index in [4.69, 9.17) is 14.4 Å². The van der Waals surface area contributed by atoms with Gasteiger partial charge in [0.2, 0.25) is 5.95 Å². The first kappa shape index (κ1) is 28.8. The molecule has 12 aromatic rings. The molecule has 12 rings (SSSR count). The van der Waals surface area contributed by atoms with Crippen molar-refractivity contribution in [3.63, 3.8) is 0 Å². The van der Waals surface area contributed by atoms with E-state index in [2.05, 4.69) is 168 Å². The van der Waals surface area contributed by atoms with Gasteiger partial charge in [0, 0.05) is 42.8 Å². The Labute approximate surface area is 306 Å². The van der Waals surface area contributed by atoms with Crippen LogP contribution >= 0.6 is 11.3 Å². The molecule has 0 amide bonds. The SMILES string of the molecule is c1ccc(-c2nc(-n3c4cc5ccccc5cc4c4cccc(-c5ccc6c(c5)oc5ccc7ccccc7c56)c43)nc3c2sc2ccccc23)cc1. The van der Waals surface area contributed by atoms with Crippen LogP contribution in [0.1, 0.15) is 0 Å². The van der Waals surface area contributed by atoms with E-state index >= 15 is 0 Å². The number of hydrogen-bond donors (Lipinski definition) is 0. The lowest BCUT2D eigenvalue weighted by atomic mass is 9.99. The number of furan rings is 1. The van der Waals surface area contributed by atoms with Gasteiger partial charge in [-0.1, -0.05) is 127 Å². The van der Waals surface area contributed by atoms with Gasteiger partial charge in [-0.3, -0.25) is 4.57 Å². The molecule has 0 radical (unpaired) electrons. The van der Waals surface area contributed by atoms with Crippen LogP contribution in [-0.4, -0.2) is 14.5 Å². The lowest BCUT2D eigenvalue weighted by molar-refractivity contribution is 0.669. The highest BCUT2D eigenvalue weighted by Gasteiger charge is 2.23. The van der Waals surface area contributed by atoms with Crippen molar-refractivity contribution < 1.29 is 4.42 Å². The summed E-state index contributed by atoms with van der Waals surface area (Å²) in [5.41, 5.74) is 9.05. The van der Waals surface area contributed by atoms with Crippen molar-refractivity contribution in [1.29, 1.82) is 0 Å². The van der Waals surface area contributed by atoms with Crippen LogP contribution in [0.3, 0.4) is 0 Å². The Bertz CT molecular complexity index is 3460. The smallest absolute Gasteiger partial charge is 0.235 e. The third kappa shape index (κ3) is 4.17. The molecule has 4 aromatic heterocycles. The normalized spacial score (nSPS) is 12.2. The Hall–Kier alpha value is -6.82. The molecule has 5 heteroatoms. The standard InChI is InChI=1S/C48H27N3OS/c1-2-12-29(13-3-1)44-47-45(37-17-8-9-20-42(37)53-47)50-48(49-44)51-39-26-31-15-5-4-14-30(31)25-38(39)35-19-10-18-34(46(35)51)32-21-23-36-41(27-32)52-40-24-22-28-11-6-7-16-33(28)43(36)40/h1-27H. The highest BCUT2D eigenvalue weighted by molar-refractivity contribution is 7.26. The number of nitrogens with zero attached hydrogens (tertiary/aromatic N) is 3. The van der Waals surface area contributed by atoms with E-state index in [0.29, 0.717) is 5.95 Å². The highest BCUT2D eigenvalue weighted by atomic mass is 32.1. The zero-order valence-electron chi connectivity index (χ0n) is 28.2. The number of benzene rings is 8. The summed E-state index contributed by atoms with van der Waals surface area (Å²) >= 11 is 1.76. The number of para-hydroxylation sites is 1. The molecule has 0 bridgehead atoms. The lowest BCUT2D eigenvalue weighted by Crippen LogP contribution is -2.03. The number of thiophene rings is 1. The van der Waals surface area contributed by atoms with Crippen molar-refractivity contribution in [2.45, 2.75) is 0 Å². The quantitative estimate of drug-likeness (QED) is 0.185. The average Bonchev–Trinajstić information content (AvgIpc) is 3.89. The molecule has 246 valence electrons. The third-order valence-corrected chi connectivity index (χ3v) is 11.9. The van der Waals surface area contributed by atoms with Crippen molar-refractivity contribution in [1.82, 2.24) is 14.5 Å². The summed E-state index contributed by atoms with van der Waals surface area (Å²) in [6.07, 6.45) is 0. The van der Waals surface area contributed by atoms with E-state index in [9.17, 15) is 0 Å². The predicted octanol–water partition coefficient (Wildman–Crippen LogP) is 13.5. The van der Waals surface area contributed by atoms with Gasteiger partial charge in [-0.25, -0.2) is 9.97 Å². The van der Waals surface area contributed by atoms with Gasteiger partial charge < -0.3 is 4.42 Å². The van der Waals surface area contributed by atoms with Gasteiger partial charge in [-0.2, -0.15) is 0 Å². The fraction of sp³-hybridized carbons (Fsp3) is 0. The van der Waals surface area contributed by atoms with Crippen LogP contribution in [0.4, 0.5) is 0 Å². The zero-order valence-corrected chi connectivity index (χ0v) is 29.1. The summed E-state index contributed by atoms with van der Waals surface area (Å²) in [5, 5.41) is 10.5. The van der Waals surface area contributed by atoms with Gasteiger partial charge >= 0.3 is 0 Å². The molecule has 4 heterocycles. The number of hydrogen-bond acceptors (Lipinski definition) is 4. The van der Waals surface area contributed by atoms with Crippen molar-refractivity contribution in [3.05, 3.63) is 164 Å². The fourth-order valence-corrected chi connectivity index (χ4v) is 9.53. The summed E-state index contributed by atoms with van der Waals surface area (Å²) in [5.74, 6) is 0.652. The largest absolute Gasteiger partial charge is 0.456 e. The Balaban J connectivity index is 1.20. The zero-order chi connectivity index (χ0) is 34.6. The summed E-state index contributed by atoms with van der Waals surface area (Å²) in [4.78, 5) is 10.9. The van der Waals surface area contributed by atoms with Gasteiger partial charge in [-0.15, -0.1) is 11.3 Å². The maximum Gasteiger partial charge on any atom is 0.235 e. The van der Waals surface area contributed by atoms with E-state index in [1.165, 1.54) is 26.2 Å². The maximum atomic E-state index is 6.58. The molecular formula is C48H27N3OS. The van der Waals surface area contributed by atoms with Gasteiger partial charge in [0.25, 0.3) is 0 Å². The van der Waals surface area contributed by atoms with E-state index in [0.717, 1.165) is 81.7 Å². The van der Waals surface area contributed by atoms with Crippen LogP contribution in [-0.2, 0) is 0 Å². The monoisotopic (exact) mass is 693 g/mol. The van der Waals surface area contributed by atoms with Crippen LogP contribution < -0.4 is 0 Å². The van der Waals surface area contributed by atoms with Crippen LogP contribution in [0.25, 0.3) is 114 Å². The predicted molar refractivity (Wildman–Crippen MR) is 222 cm³/mol. The number of rotatable bonds is 3. The molecule has 0 saturated carbocycles. The summed E-state index contributed by atoms with van der Waals surface area (Å²) < 4.78 is 11.2. The molecule has 0 aliphatic carbocycles. The Kier molecular flexibility index (Phi) is 5.90. The first-order valence-electron chi connectivity index (χ1n) is 17.8. The minimum Gasteiger partial charge on any atom is -0.456 e. The van der Waals surface area contributed by atoms with Gasteiger partial charge in [0.05, 0.1) is 26.9 Å². The van der Waals surface area contributed by atoms with E-state index in [-0.39, 0.29) is 0 Å². The first-order valence-corrected chi connectivity index (χ1v) is 18.6. The Morgan fingerprint density at radius 2 is 1.25 bits per heavy atom.